The third kappa shape index (κ3) is 4.45. The van der Waals surface area contributed by atoms with E-state index in [2.05, 4.69) is 37.1 Å². The van der Waals surface area contributed by atoms with Crippen LogP contribution >= 0.6 is 0 Å². The van der Waals surface area contributed by atoms with Crippen LogP contribution in [0.2, 0.25) is 0 Å². The Hall–Kier alpha value is -4.05. The van der Waals surface area contributed by atoms with Gasteiger partial charge in [0.1, 0.15) is 29.3 Å². The third-order valence-corrected chi connectivity index (χ3v) is 7.61. The van der Waals surface area contributed by atoms with E-state index in [9.17, 15) is 9.18 Å². The summed E-state index contributed by atoms with van der Waals surface area (Å²) in [5.74, 6) is -0.0453. The number of hydrogen-bond donors (Lipinski definition) is 1. The van der Waals surface area contributed by atoms with Gasteiger partial charge in [0, 0.05) is 36.8 Å². The number of nitrogens with one attached hydrogen (secondary N) is 1. The number of pyridine rings is 1. The molecular formula is C28H30FN7O2. The van der Waals surface area contributed by atoms with Crippen molar-refractivity contribution < 1.29 is 13.6 Å². The molecule has 9 nitrogen and oxygen atoms in total. The number of benzene rings is 1. The number of carbonyl (C=O) groups is 1. The zero-order valence-electron chi connectivity index (χ0n) is 21.6. The molecule has 4 aromatic rings. The van der Waals surface area contributed by atoms with E-state index >= 15 is 0 Å². The Bertz CT molecular complexity index is 1430. The van der Waals surface area contributed by atoms with E-state index in [0.29, 0.717) is 29.3 Å². The van der Waals surface area contributed by atoms with Crippen LogP contribution in [0.4, 0.5) is 15.9 Å². The highest BCUT2D eigenvalue weighted by Gasteiger charge is 2.37. The van der Waals surface area contributed by atoms with E-state index in [1.54, 1.807) is 18.5 Å². The van der Waals surface area contributed by atoms with Crippen LogP contribution < -0.4 is 10.2 Å². The fraction of sp³-hybridized carbons (Fsp3) is 0.357. The van der Waals surface area contributed by atoms with E-state index in [1.165, 1.54) is 31.2 Å². The van der Waals surface area contributed by atoms with Gasteiger partial charge in [-0.2, -0.15) is 0 Å². The normalized spacial score (nSPS) is 19.3. The molecule has 2 saturated heterocycles. The quantitative estimate of drug-likeness (QED) is 0.392. The molecule has 3 aromatic heterocycles. The summed E-state index contributed by atoms with van der Waals surface area (Å²) in [5, 5.41) is 2.81. The number of likely N-dealkylation sites (N-methyl/N-ethyl adjacent to an activating group) is 1. The van der Waals surface area contributed by atoms with Crippen LogP contribution in [-0.2, 0) is 0 Å². The van der Waals surface area contributed by atoms with Gasteiger partial charge < -0.3 is 19.2 Å². The Balaban J connectivity index is 1.19. The number of fused-ring (bicyclic) bond motifs is 2. The van der Waals surface area contributed by atoms with Crippen molar-refractivity contribution in [2.24, 2.45) is 0 Å². The minimum Gasteiger partial charge on any atom is -0.442 e. The largest absolute Gasteiger partial charge is 0.442 e. The van der Waals surface area contributed by atoms with Crippen molar-refractivity contribution in [1.82, 2.24) is 24.4 Å². The summed E-state index contributed by atoms with van der Waals surface area (Å²) in [6.45, 7) is 6.01. The number of piperazine rings is 1. The zero-order valence-corrected chi connectivity index (χ0v) is 21.6. The number of aromatic nitrogens is 4. The molecule has 2 fully saturated rings. The van der Waals surface area contributed by atoms with Gasteiger partial charge in [0.05, 0.1) is 18.2 Å². The predicted molar refractivity (Wildman–Crippen MR) is 142 cm³/mol. The van der Waals surface area contributed by atoms with Crippen molar-refractivity contribution in [3.63, 3.8) is 0 Å². The summed E-state index contributed by atoms with van der Waals surface area (Å²) in [6.07, 6.45) is 7.31. The molecule has 2 bridgehead atoms. The van der Waals surface area contributed by atoms with Gasteiger partial charge in [-0.05, 0) is 70.1 Å². The predicted octanol–water partition coefficient (Wildman–Crippen LogP) is 4.86. The summed E-state index contributed by atoms with van der Waals surface area (Å²) in [7, 11) is 2.21. The highest BCUT2D eigenvalue weighted by atomic mass is 19.1. The van der Waals surface area contributed by atoms with E-state index in [0.717, 1.165) is 24.3 Å². The lowest BCUT2D eigenvalue weighted by molar-refractivity contribution is 0.102. The van der Waals surface area contributed by atoms with Gasteiger partial charge in [0.15, 0.2) is 5.69 Å². The van der Waals surface area contributed by atoms with E-state index in [4.69, 9.17) is 4.42 Å². The molecule has 0 aliphatic carbocycles. The lowest BCUT2D eigenvalue weighted by Crippen LogP contribution is -2.52. The van der Waals surface area contributed by atoms with Crippen LogP contribution in [0.25, 0.3) is 22.8 Å². The zero-order chi connectivity index (χ0) is 26.4. The van der Waals surface area contributed by atoms with Crippen molar-refractivity contribution in [2.75, 3.05) is 30.4 Å². The number of amides is 1. The average molecular weight is 516 g/mol. The van der Waals surface area contributed by atoms with Gasteiger partial charge in [0.2, 0.25) is 5.89 Å². The lowest BCUT2D eigenvalue weighted by atomic mass is 10.1. The molecule has 10 heteroatoms. The van der Waals surface area contributed by atoms with Crippen LogP contribution in [0.15, 0.2) is 59.6 Å². The summed E-state index contributed by atoms with van der Waals surface area (Å²) >= 11 is 0. The summed E-state index contributed by atoms with van der Waals surface area (Å²) in [4.78, 5) is 31.3. The molecule has 5 heterocycles. The van der Waals surface area contributed by atoms with Gasteiger partial charge >= 0.3 is 0 Å². The summed E-state index contributed by atoms with van der Waals surface area (Å²) < 4.78 is 21.1. The second-order valence-electron chi connectivity index (χ2n) is 10.3. The minimum atomic E-state index is -0.420. The topological polar surface area (TPSA) is 92.3 Å². The summed E-state index contributed by atoms with van der Waals surface area (Å²) in [5.41, 5.74) is 3.13. The SMILES string of the molecule is CC(C)n1cnc(-c2ccc(F)cc2)c1-c1nc(C(=O)Nc2ccc(N3CC4CCC(C3)N4C)cn2)co1. The van der Waals surface area contributed by atoms with E-state index < -0.39 is 5.91 Å². The van der Waals surface area contributed by atoms with Gasteiger partial charge in [-0.25, -0.2) is 19.3 Å². The van der Waals surface area contributed by atoms with Gasteiger partial charge in [0.25, 0.3) is 5.91 Å². The molecule has 0 spiro atoms. The van der Waals surface area contributed by atoms with E-state index in [1.807, 2.05) is 36.7 Å². The smallest absolute Gasteiger partial charge is 0.278 e. The number of carbonyl (C=O) groups excluding carboxylic acids is 1. The van der Waals surface area contributed by atoms with Crippen molar-refractivity contribution in [3.05, 3.63) is 66.7 Å². The Morgan fingerprint density at radius 3 is 2.47 bits per heavy atom. The van der Waals surface area contributed by atoms with Gasteiger partial charge in [-0.1, -0.05) is 0 Å². The standard InChI is InChI=1S/C28H30FN7O2/c1-17(2)36-16-31-25(18-4-6-19(29)7-5-18)26(36)28-32-23(15-38-28)27(37)33-24-11-10-20(12-30-24)35-13-21-8-9-22(14-35)34(21)3/h4-7,10-12,15-17,21-22H,8-9,13-14H2,1-3H3,(H,30,33,37). The fourth-order valence-electron chi connectivity index (χ4n) is 5.42. The second kappa shape index (κ2) is 9.68. The molecule has 2 atom stereocenters. The molecule has 1 aromatic carbocycles. The Morgan fingerprint density at radius 2 is 1.82 bits per heavy atom. The minimum absolute atomic E-state index is 0.0640. The molecule has 6 rings (SSSR count). The number of rotatable bonds is 6. The molecular weight excluding hydrogens is 485 g/mol. The molecule has 0 saturated carbocycles. The van der Waals surface area contributed by atoms with Crippen LogP contribution in [0, 0.1) is 5.82 Å². The van der Waals surface area contributed by atoms with Crippen LogP contribution in [0.3, 0.4) is 0 Å². The fourth-order valence-corrected chi connectivity index (χ4v) is 5.42. The number of halogens is 1. The first kappa shape index (κ1) is 24.3. The Labute approximate surface area is 220 Å². The van der Waals surface area contributed by atoms with Crippen molar-refractivity contribution in [2.45, 2.75) is 44.8 Å². The van der Waals surface area contributed by atoms with E-state index in [-0.39, 0.29) is 23.4 Å². The summed E-state index contributed by atoms with van der Waals surface area (Å²) in [6, 6.07) is 11.1. The molecule has 38 heavy (non-hydrogen) atoms. The van der Waals surface area contributed by atoms with Crippen LogP contribution in [0.1, 0.15) is 43.2 Å². The molecule has 2 aliphatic heterocycles. The van der Waals surface area contributed by atoms with Crippen molar-refractivity contribution in [1.29, 1.82) is 0 Å². The first-order chi connectivity index (χ1) is 18.4. The highest BCUT2D eigenvalue weighted by Crippen LogP contribution is 2.33. The molecule has 0 radical (unpaired) electrons. The molecule has 196 valence electrons. The van der Waals surface area contributed by atoms with Crippen LogP contribution in [-0.4, -0.2) is 62.5 Å². The molecule has 2 aliphatic rings. The molecule has 1 N–H and O–H groups in total. The lowest BCUT2D eigenvalue weighted by Gasteiger charge is -2.40. The number of anilines is 2. The monoisotopic (exact) mass is 515 g/mol. The van der Waals surface area contributed by atoms with Crippen molar-refractivity contribution >= 4 is 17.4 Å². The number of nitrogens with zero attached hydrogens (tertiary/aromatic N) is 6. The van der Waals surface area contributed by atoms with Crippen molar-refractivity contribution in [3.8, 4) is 22.8 Å². The van der Waals surface area contributed by atoms with Gasteiger partial charge in [-0.15, -0.1) is 0 Å². The number of oxazole rings is 1. The highest BCUT2D eigenvalue weighted by molar-refractivity contribution is 6.02. The Kier molecular flexibility index (Phi) is 6.19. The first-order valence-electron chi connectivity index (χ1n) is 12.9. The number of hydrogen-bond acceptors (Lipinski definition) is 7. The molecule has 1 amide bonds. The third-order valence-electron chi connectivity index (χ3n) is 7.61. The maximum atomic E-state index is 13.5. The second-order valence-corrected chi connectivity index (χ2v) is 10.3. The molecule has 2 unspecified atom stereocenters. The Morgan fingerprint density at radius 1 is 1.08 bits per heavy atom. The maximum absolute atomic E-state index is 13.5. The maximum Gasteiger partial charge on any atom is 0.278 e. The van der Waals surface area contributed by atoms with Crippen LogP contribution in [0.5, 0.6) is 0 Å². The number of imidazole rings is 1. The van der Waals surface area contributed by atoms with Gasteiger partial charge in [-0.3, -0.25) is 9.69 Å². The average Bonchev–Trinajstić information content (AvgIpc) is 3.61. The first-order valence-corrected chi connectivity index (χ1v) is 12.9.